The van der Waals surface area contributed by atoms with Crippen LogP contribution in [0.4, 0.5) is 27.6 Å². The van der Waals surface area contributed by atoms with E-state index in [1.807, 2.05) is 0 Å². The summed E-state index contributed by atoms with van der Waals surface area (Å²) in [6.07, 6.45) is -2.39. The van der Waals surface area contributed by atoms with Crippen LogP contribution < -0.4 is 10.1 Å². The minimum atomic E-state index is -4.55. The fourth-order valence-electron chi connectivity index (χ4n) is 2.18. The number of halogens is 5. The summed E-state index contributed by atoms with van der Waals surface area (Å²) in [5.41, 5.74) is -1.33. The average Bonchev–Trinajstić information content (AvgIpc) is 2.60. The van der Waals surface area contributed by atoms with Gasteiger partial charge in [0.05, 0.1) is 18.0 Å². The van der Waals surface area contributed by atoms with E-state index in [4.69, 9.17) is 4.74 Å². The molecule has 0 aliphatic rings. The summed E-state index contributed by atoms with van der Waals surface area (Å²) < 4.78 is 69.8. The van der Waals surface area contributed by atoms with Crippen LogP contribution in [0.1, 0.15) is 16.1 Å². The molecular weight excluding hydrogens is 385 g/mol. The molecular formula is C18H10F5N3O2. The molecule has 0 atom stereocenters. The lowest BCUT2D eigenvalue weighted by molar-refractivity contribution is -0.137. The molecule has 0 fully saturated rings. The van der Waals surface area contributed by atoms with Gasteiger partial charge in [-0.2, -0.15) is 13.2 Å². The summed E-state index contributed by atoms with van der Waals surface area (Å²) in [4.78, 5) is 19.7. The molecule has 0 aliphatic heterocycles. The highest BCUT2D eigenvalue weighted by molar-refractivity contribution is 6.02. The van der Waals surface area contributed by atoms with Crippen molar-refractivity contribution in [2.75, 3.05) is 5.32 Å². The van der Waals surface area contributed by atoms with Crippen molar-refractivity contribution in [1.29, 1.82) is 0 Å². The highest BCUT2D eigenvalue weighted by Gasteiger charge is 2.30. The van der Waals surface area contributed by atoms with Crippen molar-refractivity contribution in [3.05, 3.63) is 77.8 Å². The quantitative estimate of drug-likeness (QED) is 0.644. The third-order valence-corrected chi connectivity index (χ3v) is 3.35. The molecule has 0 bridgehead atoms. The summed E-state index contributed by atoms with van der Waals surface area (Å²) in [5, 5.41) is 2.23. The lowest BCUT2D eigenvalue weighted by atomic mass is 10.2. The molecule has 0 aliphatic carbocycles. The number of alkyl halides is 3. The first-order chi connectivity index (χ1) is 13.2. The van der Waals surface area contributed by atoms with E-state index >= 15 is 0 Å². The van der Waals surface area contributed by atoms with Crippen molar-refractivity contribution >= 4 is 11.6 Å². The Bertz CT molecular complexity index is 1000. The Hall–Kier alpha value is -3.56. The van der Waals surface area contributed by atoms with Gasteiger partial charge in [0, 0.05) is 11.8 Å². The Kier molecular flexibility index (Phi) is 5.21. The molecule has 0 saturated carbocycles. The van der Waals surface area contributed by atoms with Crippen LogP contribution in [0.3, 0.4) is 0 Å². The Morgan fingerprint density at radius 3 is 2.39 bits per heavy atom. The summed E-state index contributed by atoms with van der Waals surface area (Å²) in [5.74, 6) is -3.01. The van der Waals surface area contributed by atoms with Crippen LogP contribution in [0.5, 0.6) is 11.6 Å². The Morgan fingerprint density at radius 2 is 1.71 bits per heavy atom. The van der Waals surface area contributed by atoms with Crippen LogP contribution in [0.15, 0.2) is 54.9 Å². The molecule has 5 nitrogen and oxygen atoms in total. The maximum absolute atomic E-state index is 13.2. The zero-order chi connectivity index (χ0) is 20.3. The number of benzene rings is 2. The van der Waals surface area contributed by atoms with Crippen LogP contribution in [-0.2, 0) is 6.18 Å². The van der Waals surface area contributed by atoms with Crippen LogP contribution >= 0.6 is 0 Å². The topological polar surface area (TPSA) is 64.1 Å². The van der Waals surface area contributed by atoms with Gasteiger partial charge in [0.2, 0.25) is 5.88 Å². The smallest absolute Gasteiger partial charge is 0.416 e. The fraction of sp³-hybridized carbons (Fsp3) is 0.0556. The van der Waals surface area contributed by atoms with Gasteiger partial charge in [0.15, 0.2) is 5.69 Å². The average molecular weight is 395 g/mol. The second kappa shape index (κ2) is 7.59. The summed E-state index contributed by atoms with van der Waals surface area (Å²) in [7, 11) is 0. The largest absolute Gasteiger partial charge is 0.437 e. The molecule has 10 heteroatoms. The molecule has 3 aromatic rings. The molecule has 0 saturated heterocycles. The SMILES string of the molecule is O=C(Nc1cc(F)cc(F)c1)c1cncc(Oc2cccc(C(F)(F)F)c2)n1. The van der Waals surface area contributed by atoms with Gasteiger partial charge in [0.25, 0.3) is 5.91 Å². The number of anilines is 1. The number of rotatable bonds is 4. The van der Waals surface area contributed by atoms with Gasteiger partial charge in [-0.3, -0.25) is 9.78 Å². The van der Waals surface area contributed by atoms with Gasteiger partial charge >= 0.3 is 6.18 Å². The van der Waals surface area contributed by atoms with E-state index in [1.165, 1.54) is 6.07 Å². The summed E-state index contributed by atoms with van der Waals surface area (Å²) in [6, 6.07) is 6.51. The monoisotopic (exact) mass is 395 g/mol. The maximum Gasteiger partial charge on any atom is 0.416 e. The predicted octanol–water partition coefficient (Wildman–Crippen LogP) is 4.82. The van der Waals surface area contributed by atoms with Gasteiger partial charge in [-0.1, -0.05) is 6.07 Å². The zero-order valence-corrected chi connectivity index (χ0v) is 13.8. The van der Waals surface area contributed by atoms with Crippen LogP contribution in [-0.4, -0.2) is 15.9 Å². The number of aromatic nitrogens is 2. The molecule has 1 N–H and O–H groups in total. The van der Waals surface area contributed by atoms with E-state index in [0.717, 1.165) is 42.7 Å². The minimum absolute atomic E-state index is 0.145. The number of carbonyl (C=O) groups is 1. The van der Waals surface area contributed by atoms with Crippen molar-refractivity contribution in [2.45, 2.75) is 6.18 Å². The van der Waals surface area contributed by atoms with E-state index < -0.39 is 29.3 Å². The second-order valence-corrected chi connectivity index (χ2v) is 5.48. The van der Waals surface area contributed by atoms with Crippen molar-refractivity contribution in [3.8, 4) is 11.6 Å². The Morgan fingerprint density at radius 1 is 1.00 bits per heavy atom. The molecule has 0 radical (unpaired) electrons. The van der Waals surface area contributed by atoms with Crippen molar-refractivity contribution in [2.24, 2.45) is 0 Å². The number of nitrogens with one attached hydrogen (secondary N) is 1. The first kappa shape index (κ1) is 19.2. The van der Waals surface area contributed by atoms with Gasteiger partial charge in [-0.05, 0) is 30.3 Å². The second-order valence-electron chi connectivity index (χ2n) is 5.48. The Balaban J connectivity index is 1.78. The minimum Gasteiger partial charge on any atom is -0.437 e. The van der Waals surface area contributed by atoms with Crippen molar-refractivity contribution in [3.63, 3.8) is 0 Å². The number of amides is 1. The van der Waals surface area contributed by atoms with Crippen LogP contribution in [0, 0.1) is 11.6 Å². The zero-order valence-electron chi connectivity index (χ0n) is 13.8. The van der Waals surface area contributed by atoms with Crippen molar-refractivity contribution < 1.29 is 31.5 Å². The number of hydrogen-bond acceptors (Lipinski definition) is 4. The van der Waals surface area contributed by atoms with Gasteiger partial charge in [-0.25, -0.2) is 13.8 Å². The van der Waals surface area contributed by atoms with E-state index in [-0.39, 0.29) is 23.0 Å². The number of carbonyl (C=O) groups excluding carboxylic acids is 1. The van der Waals surface area contributed by atoms with E-state index in [1.54, 1.807) is 0 Å². The van der Waals surface area contributed by atoms with E-state index in [0.29, 0.717) is 6.07 Å². The standard InChI is InChI=1S/C18H10F5N3O2/c19-11-5-12(20)7-13(6-11)25-17(27)15-8-24-9-16(26-15)28-14-3-1-2-10(4-14)18(21,22)23/h1-9H,(H,25,27). The number of hydrogen-bond donors (Lipinski definition) is 1. The normalized spacial score (nSPS) is 11.2. The lowest BCUT2D eigenvalue weighted by Crippen LogP contribution is -2.14. The highest BCUT2D eigenvalue weighted by atomic mass is 19.4. The third-order valence-electron chi connectivity index (χ3n) is 3.35. The molecule has 0 unspecified atom stereocenters. The van der Waals surface area contributed by atoms with E-state index in [2.05, 4.69) is 15.3 Å². The molecule has 0 spiro atoms. The van der Waals surface area contributed by atoms with Crippen LogP contribution in [0.25, 0.3) is 0 Å². The molecule has 1 heterocycles. The molecule has 3 rings (SSSR count). The fourth-order valence-corrected chi connectivity index (χ4v) is 2.18. The highest BCUT2D eigenvalue weighted by Crippen LogP contribution is 2.32. The number of nitrogens with zero attached hydrogens (tertiary/aromatic N) is 2. The van der Waals surface area contributed by atoms with Crippen molar-refractivity contribution in [1.82, 2.24) is 9.97 Å². The number of ether oxygens (including phenoxy) is 1. The van der Waals surface area contributed by atoms with Gasteiger partial charge in [-0.15, -0.1) is 0 Å². The van der Waals surface area contributed by atoms with Gasteiger partial charge in [0.1, 0.15) is 17.4 Å². The first-order valence-electron chi connectivity index (χ1n) is 7.65. The van der Waals surface area contributed by atoms with Crippen LogP contribution in [0.2, 0.25) is 0 Å². The molecule has 144 valence electrons. The third kappa shape index (κ3) is 4.78. The molecule has 1 aromatic heterocycles. The van der Waals surface area contributed by atoms with Gasteiger partial charge < -0.3 is 10.1 Å². The van der Waals surface area contributed by atoms with E-state index in [9.17, 15) is 26.7 Å². The lowest BCUT2D eigenvalue weighted by Gasteiger charge is -2.10. The molecule has 2 aromatic carbocycles. The first-order valence-corrected chi connectivity index (χ1v) is 7.65. The molecule has 1 amide bonds. The predicted molar refractivity (Wildman–Crippen MR) is 87.9 cm³/mol. The Labute approximate surface area is 154 Å². The molecule has 28 heavy (non-hydrogen) atoms. The maximum atomic E-state index is 13.2. The summed E-state index contributed by atoms with van der Waals surface area (Å²) >= 11 is 0. The summed E-state index contributed by atoms with van der Waals surface area (Å²) in [6.45, 7) is 0.